The minimum absolute atomic E-state index is 0. The number of benzene rings is 1. The molecular weight excluding hydrogens is 501 g/mol. The molecule has 0 amide bonds. The maximum absolute atomic E-state index is 11.6. The van der Waals surface area contributed by atoms with Crippen LogP contribution in [-0.2, 0) is 15.3 Å². The van der Waals surface area contributed by atoms with Gasteiger partial charge in [-0.15, -0.1) is 24.0 Å². The molecule has 1 atom stereocenters. The molecule has 0 heterocycles. The van der Waals surface area contributed by atoms with Crippen molar-refractivity contribution in [2.45, 2.75) is 52.1 Å². The van der Waals surface area contributed by atoms with E-state index in [0.717, 1.165) is 18.4 Å². The number of aliphatic hydroxyl groups excluding tert-OH is 1. The third kappa shape index (κ3) is 8.80. The number of hydrogen-bond acceptors (Lipinski definition) is 4. The average molecular weight is 538 g/mol. The first-order valence-electron chi connectivity index (χ1n) is 9.93. The van der Waals surface area contributed by atoms with Crippen LogP contribution in [0.1, 0.15) is 57.8 Å². The number of aliphatic imine (C=N–C) groups is 1. The predicted octanol–water partition coefficient (Wildman–Crippen LogP) is 3.02. The third-order valence-corrected chi connectivity index (χ3v) is 6.20. The summed E-state index contributed by atoms with van der Waals surface area (Å²) in [6.07, 6.45) is 2.42. The fraction of sp³-hybridized carbons (Fsp3) is 0.667. The fourth-order valence-electron chi connectivity index (χ4n) is 3.19. The van der Waals surface area contributed by atoms with E-state index in [-0.39, 0.29) is 40.6 Å². The molecule has 1 fully saturated rings. The maximum Gasteiger partial charge on any atom is 0.191 e. The van der Waals surface area contributed by atoms with Crippen LogP contribution in [0.25, 0.3) is 0 Å². The number of nitrogens with one attached hydrogen (secondary N) is 2. The van der Waals surface area contributed by atoms with E-state index in [2.05, 4.69) is 48.5 Å². The Balaban J connectivity index is 0.00000420. The van der Waals surface area contributed by atoms with Crippen molar-refractivity contribution in [3.8, 4) is 0 Å². The van der Waals surface area contributed by atoms with Gasteiger partial charge in [-0.1, -0.05) is 45.0 Å². The molecule has 1 unspecified atom stereocenters. The molecular formula is C21H36IN3O3S. The third-order valence-electron chi connectivity index (χ3n) is 5.07. The number of hydrogen-bond donors (Lipinski definition) is 3. The second kappa shape index (κ2) is 10.4. The summed E-state index contributed by atoms with van der Waals surface area (Å²) < 4.78 is 23.2. The van der Waals surface area contributed by atoms with Crippen LogP contribution < -0.4 is 10.6 Å². The van der Waals surface area contributed by atoms with Gasteiger partial charge in [-0.05, 0) is 36.3 Å². The molecule has 1 aliphatic carbocycles. The van der Waals surface area contributed by atoms with Crippen molar-refractivity contribution in [1.82, 2.24) is 10.6 Å². The zero-order chi connectivity index (χ0) is 21.0. The second-order valence-corrected chi connectivity index (χ2v) is 11.2. The van der Waals surface area contributed by atoms with Gasteiger partial charge in [0.1, 0.15) is 9.84 Å². The lowest BCUT2D eigenvalue weighted by Crippen LogP contribution is -2.40. The zero-order valence-electron chi connectivity index (χ0n) is 18.2. The van der Waals surface area contributed by atoms with E-state index >= 15 is 0 Å². The summed E-state index contributed by atoms with van der Waals surface area (Å²) in [6.45, 7) is 9.97. The molecule has 29 heavy (non-hydrogen) atoms. The first-order valence-corrected chi connectivity index (χ1v) is 12.0. The highest BCUT2D eigenvalue weighted by atomic mass is 127. The van der Waals surface area contributed by atoms with Crippen molar-refractivity contribution < 1.29 is 13.5 Å². The number of sulfone groups is 1. The lowest BCUT2D eigenvalue weighted by atomic mass is 9.86. The van der Waals surface area contributed by atoms with E-state index in [1.807, 2.05) is 19.1 Å². The number of rotatable bonds is 8. The molecule has 1 aromatic rings. The van der Waals surface area contributed by atoms with E-state index in [9.17, 15) is 13.5 Å². The van der Waals surface area contributed by atoms with Crippen LogP contribution in [-0.4, -0.2) is 51.1 Å². The molecule has 3 N–H and O–H groups in total. The summed E-state index contributed by atoms with van der Waals surface area (Å²) in [6, 6.07) is 8.03. The second-order valence-electron chi connectivity index (χ2n) is 9.03. The van der Waals surface area contributed by atoms with Crippen molar-refractivity contribution in [3.63, 3.8) is 0 Å². The zero-order valence-corrected chi connectivity index (χ0v) is 21.3. The molecule has 0 aromatic heterocycles. The summed E-state index contributed by atoms with van der Waals surface area (Å²) >= 11 is 0. The fourth-order valence-corrected chi connectivity index (χ4v) is 4.68. The summed E-state index contributed by atoms with van der Waals surface area (Å²) in [7, 11) is -3.01. The van der Waals surface area contributed by atoms with Crippen LogP contribution in [0.5, 0.6) is 0 Å². The summed E-state index contributed by atoms with van der Waals surface area (Å²) in [5.41, 5.74) is 1.95. The van der Waals surface area contributed by atoms with Crippen molar-refractivity contribution >= 4 is 39.8 Å². The SMILES string of the molecule is CCNC(=NCC1(CS(C)(=O)=O)CC1)NCC(O)c1ccc(C(C)(C)C)cc1.I. The van der Waals surface area contributed by atoms with Gasteiger partial charge in [0.05, 0.1) is 11.9 Å². The topological polar surface area (TPSA) is 90.8 Å². The van der Waals surface area contributed by atoms with E-state index in [1.165, 1.54) is 11.8 Å². The number of guanidine groups is 1. The van der Waals surface area contributed by atoms with Crippen LogP contribution >= 0.6 is 24.0 Å². The molecule has 2 rings (SSSR count). The molecule has 8 heteroatoms. The van der Waals surface area contributed by atoms with Gasteiger partial charge in [0.2, 0.25) is 0 Å². The molecule has 1 aromatic carbocycles. The summed E-state index contributed by atoms with van der Waals surface area (Å²) in [4.78, 5) is 4.56. The van der Waals surface area contributed by atoms with Crippen molar-refractivity contribution in [2.24, 2.45) is 10.4 Å². The monoisotopic (exact) mass is 537 g/mol. The van der Waals surface area contributed by atoms with E-state index in [0.29, 0.717) is 25.6 Å². The highest BCUT2D eigenvalue weighted by molar-refractivity contribution is 14.0. The van der Waals surface area contributed by atoms with Gasteiger partial charge in [-0.2, -0.15) is 0 Å². The number of halogens is 1. The standard InChI is InChI=1S/C21H35N3O3S.HI/c1-6-22-19(24-14-21(11-12-21)15-28(5,26)27)23-13-18(25)16-7-9-17(10-8-16)20(2,3)4;/h7-10,18,25H,6,11-15H2,1-5H3,(H2,22,23,24);1H. The highest BCUT2D eigenvalue weighted by Gasteiger charge is 2.45. The number of aliphatic hydroxyl groups is 1. The van der Waals surface area contributed by atoms with Gasteiger partial charge in [0, 0.05) is 31.3 Å². The highest BCUT2D eigenvalue weighted by Crippen LogP contribution is 2.46. The minimum Gasteiger partial charge on any atom is -0.387 e. The summed E-state index contributed by atoms with van der Waals surface area (Å²) in [5.74, 6) is 0.790. The van der Waals surface area contributed by atoms with Crippen molar-refractivity contribution in [1.29, 1.82) is 0 Å². The summed E-state index contributed by atoms with van der Waals surface area (Å²) in [5, 5.41) is 16.8. The van der Waals surface area contributed by atoms with Crippen LogP contribution in [0, 0.1) is 5.41 Å². The lowest BCUT2D eigenvalue weighted by molar-refractivity contribution is 0.181. The quantitative estimate of drug-likeness (QED) is 0.270. The number of nitrogens with zero attached hydrogens (tertiary/aromatic N) is 1. The Morgan fingerprint density at radius 1 is 1.21 bits per heavy atom. The Morgan fingerprint density at radius 2 is 1.79 bits per heavy atom. The Hall–Kier alpha value is -0.870. The molecule has 1 aliphatic rings. The van der Waals surface area contributed by atoms with Gasteiger partial charge in [0.15, 0.2) is 5.96 Å². The molecule has 1 saturated carbocycles. The molecule has 166 valence electrons. The van der Waals surface area contributed by atoms with Gasteiger partial charge < -0.3 is 15.7 Å². The molecule has 0 saturated heterocycles. The van der Waals surface area contributed by atoms with E-state index in [4.69, 9.17) is 0 Å². The molecule has 0 aliphatic heterocycles. The average Bonchev–Trinajstić information content (AvgIpc) is 3.34. The van der Waals surface area contributed by atoms with Crippen LogP contribution in [0.15, 0.2) is 29.3 Å². The van der Waals surface area contributed by atoms with Gasteiger partial charge in [0.25, 0.3) is 0 Å². The Morgan fingerprint density at radius 3 is 2.24 bits per heavy atom. The van der Waals surface area contributed by atoms with Gasteiger partial charge >= 0.3 is 0 Å². The normalized spacial score (nSPS) is 17.2. The Kier molecular flexibility index (Phi) is 9.42. The predicted molar refractivity (Wildman–Crippen MR) is 131 cm³/mol. The van der Waals surface area contributed by atoms with Crippen LogP contribution in [0.3, 0.4) is 0 Å². The largest absolute Gasteiger partial charge is 0.387 e. The first-order chi connectivity index (χ1) is 12.9. The Labute approximate surface area is 192 Å². The van der Waals surface area contributed by atoms with Gasteiger partial charge in [-0.3, -0.25) is 4.99 Å². The Bertz CT molecular complexity index is 782. The van der Waals surface area contributed by atoms with Gasteiger partial charge in [-0.25, -0.2) is 8.42 Å². The molecule has 0 bridgehead atoms. The smallest absolute Gasteiger partial charge is 0.191 e. The van der Waals surface area contributed by atoms with Crippen molar-refractivity contribution in [3.05, 3.63) is 35.4 Å². The van der Waals surface area contributed by atoms with Crippen LogP contribution in [0.2, 0.25) is 0 Å². The first kappa shape index (κ1) is 26.2. The van der Waals surface area contributed by atoms with Crippen LogP contribution in [0.4, 0.5) is 0 Å². The maximum atomic E-state index is 11.6. The lowest BCUT2D eigenvalue weighted by Gasteiger charge is -2.20. The van der Waals surface area contributed by atoms with E-state index in [1.54, 1.807) is 0 Å². The van der Waals surface area contributed by atoms with Crippen molar-refractivity contribution in [2.75, 3.05) is 31.6 Å². The molecule has 0 spiro atoms. The molecule has 0 radical (unpaired) electrons. The minimum atomic E-state index is -3.01. The molecule has 6 nitrogen and oxygen atoms in total. The van der Waals surface area contributed by atoms with E-state index < -0.39 is 15.9 Å².